The standard InChI is InChI=1S/C30H40FN5O2/c1-20-16-35(25(15-32-20)17-34-10-9-26(37)11-21(34)2)18-28(38)36-19-30(3,4)29-27(36)13-23(14-33-29)12-22-5-7-24(31)8-6-22/h5-8,13-14,20-21,25,32H,9-12,15-19H2,1-4H3/t20-,21+,25-/m1/s1. The first-order valence-electron chi connectivity index (χ1n) is 13.9. The number of fused-ring (bicyclic) bond motifs is 1. The van der Waals surface area contributed by atoms with Gasteiger partial charge in [-0.15, -0.1) is 0 Å². The molecule has 0 bridgehead atoms. The molecule has 4 heterocycles. The van der Waals surface area contributed by atoms with Gasteiger partial charge in [-0.25, -0.2) is 4.39 Å². The van der Waals surface area contributed by atoms with Gasteiger partial charge in [0.2, 0.25) is 5.91 Å². The number of amides is 1. The number of nitrogens with zero attached hydrogens (tertiary/aromatic N) is 4. The van der Waals surface area contributed by atoms with E-state index < -0.39 is 0 Å². The first-order chi connectivity index (χ1) is 18.1. The molecule has 2 saturated heterocycles. The minimum Gasteiger partial charge on any atom is -0.311 e. The summed E-state index contributed by atoms with van der Waals surface area (Å²) < 4.78 is 13.4. The van der Waals surface area contributed by atoms with E-state index >= 15 is 0 Å². The van der Waals surface area contributed by atoms with Gasteiger partial charge in [-0.1, -0.05) is 26.0 Å². The van der Waals surface area contributed by atoms with Crippen molar-refractivity contribution in [1.29, 1.82) is 0 Å². The number of hydrogen-bond acceptors (Lipinski definition) is 6. The van der Waals surface area contributed by atoms with Crippen LogP contribution in [0.1, 0.15) is 57.4 Å². The first-order valence-corrected chi connectivity index (χ1v) is 13.9. The third-order valence-electron chi connectivity index (χ3n) is 8.37. The maximum atomic E-state index is 13.9. The smallest absolute Gasteiger partial charge is 0.241 e. The zero-order chi connectivity index (χ0) is 27.0. The fourth-order valence-electron chi connectivity index (χ4n) is 6.19. The molecule has 0 saturated carbocycles. The molecule has 38 heavy (non-hydrogen) atoms. The maximum absolute atomic E-state index is 13.9. The highest BCUT2D eigenvalue weighted by molar-refractivity contribution is 5.97. The van der Waals surface area contributed by atoms with Crippen LogP contribution < -0.4 is 10.2 Å². The van der Waals surface area contributed by atoms with Gasteiger partial charge in [0.15, 0.2) is 0 Å². The highest BCUT2D eigenvalue weighted by atomic mass is 19.1. The third kappa shape index (κ3) is 5.82. The normalized spacial score (nSPS) is 26.0. The number of benzene rings is 1. The lowest BCUT2D eigenvalue weighted by atomic mass is 9.91. The number of halogens is 1. The molecule has 3 aliphatic heterocycles. The number of ketones is 1. The van der Waals surface area contributed by atoms with Gasteiger partial charge in [0.05, 0.1) is 17.9 Å². The van der Waals surface area contributed by atoms with E-state index in [-0.39, 0.29) is 29.2 Å². The van der Waals surface area contributed by atoms with Crippen LogP contribution in [-0.4, -0.2) is 83.9 Å². The number of piperazine rings is 1. The average molecular weight is 522 g/mol. The van der Waals surface area contributed by atoms with Crippen molar-refractivity contribution < 1.29 is 14.0 Å². The summed E-state index contributed by atoms with van der Waals surface area (Å²) in [5.41, 5.74) is 3.63. The van der Waals surface area contributed by atoms with Crippen molar-refractivity contribution in [3.8, 4) is 0 Å². The number of rotatable bonds is 6. The molecular weight excluding hydrogens is 481 g/mol. The summed E-state index contributed by atoms with van der Waals surface area (Å²) in [4.78, 5) is 37.2. The van der Waals surface area contributed by atoms with E-state index in [1.165, 1.54) is 12.1 Å². The Morgan fingerprint density at radius 1 is 1.16 bits per heavy atom. The van der Waals surface area contributed by atoms with Crippen LogP contribution in [0.2, 0.25) is 0 Å². The Labute approximate surface area is 225 Å². The van der Waals surface area contributed by atoms with Crippen LogP contribution in [0.3, 0.4) is 0 Å². The predicted molar refractivity (Wildman–Crippen MR) is 147 cm³/mol. The molecule has 0 radical (unpaired) electrons. The zero-order valence-electron chi connectivity index (χ0n) is 23.0. The van der Waals surface area contributed by atoms with Gasteiger partial charge in [-0.05, 0) is 49.6 Å². The number of likely N-dealkylation sites (tertiary alicyclic amines) is 1. The first kappa shape index (κ1) is 26.9. The maximum Gasteiger partial charge on any atom is 0.241 e. The Morgan fingerprint density at radius 3 is 2.66 bits per heavy atom. The number of anilines is 1. The lowest BCUT2D eigenvalue weighted by Gasteiger charge is -2.43. The molecule has 1 aromatic heterocycles. The Morgan fingerprint density at radius 2 is 1.92 bits per heavy atom. The fourth-order valence-corrected chi connectivity index (χ4v) is 6.19. The van der Waals surface area contributed by atoms with Gasteiger partial charge in [-0.2, -0.15) is 0 Å². The van der Waals surface area contributed by atoms with E-state index in [2.05, 4.69) is 48.9 Å². The zero-order valence-corrected chi connectivity index (χ0v) is 23.0. The summed E-state index contributed by atoms with van der Waals surface area (Å²) in [5, 5.41) is 3.59. The van der Waals surface area contributed by atoms with Crippen molar-refractivity contribution in [3.05, 3.63) is 59.2 Å². The van der Waals surface area contributed by atoms with Crippen molar-refractivity contribution >= 4 is 17.4 Å². The molecule has 5 rings (SSSR count). The second-order valence-corrected chi connectivity index (χ2v) is 12.1. The average Bonchev–Trinajstić information content (AvgIpc) is 3.14. The number of nitrogens with one attached hydrogen (secondary N) is 1. The monoisotopic (exact) mass is 521 g/mol. The van der Waals surface area contributed by atoms with Crippen LogP contribution in [0, 0.1) is 5.82 Å². The van der Waals surface area contributed by atoms with E-state index in [9.17, 15) is 14.0 Å². The topological polar surface area (TPSA) is 68.8 Å². The summed E-state index contributed by atoms with van der Waals surface area (Å²) in [5.74, 6) is 0.195. The van der Waals surface area contributed by atoms with Crippen LogP contribution in [0.15, 0.2) is 36.5 Å². The Bertz CT molecular complexity index is 1180. The van der Waals surface area contributed by atoms with E-state index in [0.717, 1.165) is 48.7 Å². The lowest BCUT2D eigenvalue weighted by molar-refractivity contribution is -0.123. The molecule has 8 heteroatoms. The van der Waals surface area contributed by atoms with Gasteiger partial charge in [-0.3, -0.25) is 24.4 Å². The van der Waals surface area contributed by atoms with Crippen LogP contribution >= 0.6 is 0 Å². The van der Waals surface area contributed by atoms with Crippen molar-refractivity contribution in [3.63, 3.8) is 0 Å². The van der Waals surface area contributed by atoms with Gasteiger partial charge in [0, 0.05) is 75.3 Å². The Balaban J connectivity index is 1.32. The highest BCUT2D eigenvalue weighted by Crippen LogP contribution is 2.39. The number of carbonyl (C=O) groups excluding carboxylic acids is 2. The molecule has 3 atom stereocenters. The summed E-state index contributed by atoms with van der Waals surface area (Å²) in [6, 6.07) is 9.38. The van der Waals surface area contributed by atoms with Gasteiger partial charge >= 0.3 is 0 Å². The highest BCUT2D eigenvalue weighted by Gasteiger charge is 2.41. The Kier molecular flexibility index (Phi) is 7.67. The third-order valence-corrected chi connectivity index (χ3v) is 8.37. The molecule has 2 fully saturated rings. The molecular formula is C30H40FN5O2. The summed E-state index contributed by atoms with van der Waals surface area (Å²) >= 11 is 0. The largest absolute Gasteiger partial charge is 0.311 e. The molecule has 1 amide bonds. The molecule has 1 aromatic carbocycles. The van der Waals surface area contributed by atoms with E-state index in [1.54, 1.807) is 12.1 Å². The number of hydrogen-bond donors (Lipinski definition) is 1. The number of carbonyl (C=O) groups is 2. The second-order valence-electron chi connectivity index (χ2n) is 12.1. The molecule has 7 nitrogen and oxygen atoms in total. The molecule has 1 N–H and O–H groups in total. The van der Waals surface area contributed by atoms with Crippen molar-refractivity contribution in [2.24, 2.45) is 0 Å². The van der Waals surface area contributed by atoms with E-state index in [4.69, 9.17) is 4.98 Å². The Hall–Kier alpha value is -2.68. The molecule has 2 aromatic rings. The van der Waals surface area contributed by atoms with Gasteiger partial charge in [0.1, 0.15) is 11.6 Å². The summed E-state index contributed by atoms with van der Waals surface area (Å²) in [6.07, 6.45) is 3.75. The fraction of sp³-hybridized carbons (Fsp3) is 0.567. The number of pyridine rings is 1. The second kappa shape index (κ2) is 10.8. The van der Waals surface area contributed by atoms with Gasteiger partial charge < -0.3 is 10.2 Å². The molecule has 0 unspecified atom stereocenters. The van der Waals surface area contributed by atoms with E-state index in [1.807, 2.05) is 11.1 Å². The molecule has 204 valence electrons. The van der Waals surface area contributed by atoms with Crippen LogP contribution in [0.5, 0.6) is 0 Å². The van der Waals surface area contributed by atoms with Crippen LogP contribution in [0.4, 0.5) is 10.1 Å². The predicted octanol–water partition coefficient (Wildman–Crippen LogP) is 3.15. The minimum absolute atomic E-state index is 0.0959. The molecule has 0 spiro atoms. The quantitative estimate of drug-likeness (QED) is 0.630. The SMILES string of the molecule is C[C@@H]1CN(CC(=O)N2CC(C)(C)c3ncc(Cc4ccc(F)cc4)cc32)[C@@H](CN2CCC(=O)C[C@@H]2C)CN1. The number of Topliss-reactive ketones (excluding diaryl/α,β-unsaturated/α-hetero) is 1. The number of aromatic nitrogens is 1. The number of piperidine rings is 1. The molecule has 0 aliphatic carbocycles. The van der Waals surface area contributed by atoms with Crippen molar-refractivity contribution in [2.45, 2.75) is 70.5 Å². The summed E-state index contributed by atoms with van der Waals surface area (Å²) in [7, 11) is 0. The molecule has 3 aliphatic rings. The van der Waals surface area contributed by atoms with Crippen molar-refractivity contribution in [1.82, 2.24) is 20.1 Å². The van der Waals surface area contributed by atoms with Crippen LogP contribution in [0.25, 0.3) is 0 Å². The van der Waals surface area contributed by atoms with E-state index in [0.29, 0.717) is 44.2 Å². The van der Waals surface area contributed by atoms with Gasteiger partial charge in [0.25, 0.3) is 0 Å². The van der Waals surface area contributed by atoms with Crippen molar-refractivity contribution in [2.75, 3.05) is 44.2 Å². The van der Waals surface area contributed by atoms with Crippen LogP contribution in [-0.2, 0) is 21.4 Å². The minimum atomic E-state index is -0.247. The summed E-state index contributed by atoms with van der Waals surface area (Å²) in [6.45, 7) is 12.8. The lowest BCUT2D eigenvalue weighted by Crippen LogP contribution is -2.61.